The number of hydrogen-bond donors (Lipinski definition) is 0. The monoisotopic (exact) mass is 435 g/mol. The van der Waals surface area contributed by atoms with Gasteiger partial charge in [-0.2, -0.15) is 13.2 Å². The highest BCUT2D eigenvalue weighted by molar-refractivity contribution is 5.69. The molecule has 0 aliphatic carbocycles. The van der Waals surface area contributed by atoms with Crippen LogP contribution in [0.1, 0.15) is 37.3 Å². The highest BCUT2D eigenvalue weighted by atomic mass is 19.4. The molecule has 168 valence electrons. The van der Waals surface area contributed by atoms with E-state index in [4.69, 9.17) is 9.47 Å². The molecule has 2 aromatic rings. The molecule has 1 aliphatic heterocycles. The smallest absolute Gasteiger partial charge is 0.410 e. The van der Waals surface area contributed by atoms with Crippen LogP contribution in [0.15, 0.2) is 54.6 Å². The van der Waals surface area contributed by atoms with Gasteiger partial charge in [0.25, 0.3) is 0 Å². The first-order valence-electron chi connectivity index (χ1n) is 10.5. The van der Waals surface area contributed by atoms with Gasteiger partial charge in [0.15, 0.2) is 0 Å². The second kappa shape index (κ2) is 10.1. The number of likely N-dealkylation sites (tertiary alicyclic amines) is 1. The number of amides is 1. The Balaban J connectivity index is 1.70. The molecule has 3 rings (SSSR count). The average Bonchev–Trinajstić information content (AvgIpc) is 3.16. The number of rotatable bonds is 7. The Morgan fingerprint density at radius 1 is 1.06 bits per heavy atom. The Labute approximate surface area is 181 Å². The van der Waals surface area contributed by atoms with Crippen molar-refractivity contribution in [1.82, 2.24) is 4.90 Å². The predicted molar refractivity (Wildman–Crippen MR) is 112 cm³/mol. The van der Waals surface area contributed by atoms with Crippen LogP contribution in [0.25, 0.3) is 0 Å². The van der Waals surface area contributed by atoms with E-state index in [2.05, 4.69) is 0 Å². The molecule has 0 N–H and O–H groups in total. The van der Waals surface area contributed by atoms with Crippen LogP contribution in [0.5, 0.6) is 5.75 Å². The highest BCUT2D eigenvalue weighted by Crippen LogP contribution is 2.42. The Hall–Kier alpha value is -2.70. The third-order valence-corrected chi connectivity index (χ3v) is 5.94. The van der Waals surface area contributed by atoms with Gasteiger partial charge in [-0.15, -0.1) is 0 Å². The molecule has 0 aromatic heterocycles. The van der Waals surface area contributed by atoms with E-state index in [1.54, 1.807) is 31.4 Å². The van der Waals surface area contributed by atoms with Gasteiger partial charge >= 0.3 is 12.3 Å². The van der Waals surface area contributed by atoms with E-state index < -0.39 is 24.4 Å². The summed E-state index contributed by atoms with van der Waals surface area (Å²) in [6, 6.07) is 14.1. The van der Waals surface area contributed by atoms with Crippen molar-refractivity contribution >= 4 is 6.09 Å². The van der Waals surface area contributed by atoms with Crippen molar-refractivity contribution in [1.29, 1.82) is 0 Å². The first-order valence-corrected chi connectivity index (χ1v) is 10.5. The fourth-order valence-electron chi connectivity index (χ4n) is 4.35. The molecule has 1 heterocycles. The molecule has 0 bridgehead atoms. The third-order valence-electron chi connectivity index (χ3n) is 5.94. The lowest BCUT2D eigenvalue weighted by molar-refractivity contribution is -0.174. The molecule has 0 unspecified atom stereocenters. The fourth-order valence-corrected chi connectivity index (χ4v) is 4.35. The summed E-state index contributed by atoms with van der Waals surface area (Å²) in [7, 11) is 1.59. The molecule has 4 nitrogen and oxygen atoms in total. The summed E-state index contributed by atoms with van der Waals surface area (Å²) < 4.78 is 51.8. The fraction of sp³-hybridized carbons (Fsp3) is 0.458. The zero-order valence-electron chi connectivity index (χ0n) is 17.8. The number of benzene rings is 2. The Bertz CT molecular complexity index is 839. The molecule has 31 heavy (non-hydrogen) atoms. The van der Waals surface area contributed by atoms with Crippen molar-refractivity contribution < 1.29 is 27.4 Å². The van der Waals surface area contributed by atoms with Gasteiger partial charge in [0.2, 0.25) is 0 Å². The number of methoxy groups -OCH3 is 1. The quantitative estimate of drug-likeness (QED) is 0.536. The maximum Gasteiger partial charge on any atom is 0.410 e. The van der Waals surface area contributed by atoms with E-state index >= 15 is 0 Å². The van der Waals surface area contributed by atoms with Crippen LogP contribution in [0.4, 0.5) is 18.0 Å². The van der Waals surface area contributed by atoms with Crippen molar-refractivity contribution in [3.8, 4) is 5.75 Å². The highest BCUT2D eigenvalue weighted by Gasteiger charge is 2.55. The number of halogens is 3. The summed E-state index contributed by atoms with van der Waals surface area (Å²) in [5.41, 5.74) is 1.77. The summed E-state index contributed by atoms with van der Waals surface area (Å²) in [5.74, 6) is 0.489. The zero-order chi connectivity index (χ0) is 22.4. The third kappa shape index (κ3) is 5.71. The summed E-state index contributed by atoms with van der Waals surface area (Å²) in [5, 5.41) is 0. The van der Waals surface area contributed by atoms with E-state index in [-0.39, 0.29) is 18.9 Å². The van der Waals surface area contributed by atoms with Crippen molar-refractivity contribution in [2.75, 3.05) is 7.11 Å². The van der Waals surface area contributed by atoms with Gasteiger partial charge in [-0.25, -0.2) is 4.79 Å². The normalized spacial score (nSPS) is 21.2. The van der Waals surface area contributed by atoms with E-state index in [9.17, 15) is 18.0 Å². The lowest BCUT2D eigenvalue weighted by atomic mass is 9.90. The molecule has 0 saturated carbocycles. The number of nitrogens with zero attached hydrogens (tertiary/aromatic N) is 1. The van der Waals surface area contributed by atoms with Gasteiger partial charge in [-0.1, -0.05) is 49.4 Å². The number of ether oxygens (including phenoxy) is 2. The molecular formula is C24H28F3NO3. The standard InChI is InChI=1S/C24H28F3NO3/c1-3-21-19(12-9-17-10-13-20(30-2)14-11-17)15-22(24(25,26)27)28(21)23(29)31-16-18-7-5-4-6-8-18/h4-8,10-11,13-14,19,21-22H,3,9,12,15-16H2,1-2H3/t19-,21-,22-/m0/s1. The molecule has 0 radical (unpaired) electrons. The average molecular weight is 435 g/mol. The van der Waals surface area contributed by atoms with Crippen molar-refractivity contribution in [2.24, 2.45) is 5.92 Å². The van der Waals surface area contributed by atoms with E-state index in [1.165, 1.54) is 0 Å². The molecule has 3 atom stereocenters. The van der Waals surface area contributed by atoms with Gasteiger partial charge in [-0.3, -0.25) is 4.90 Å². The predicted octanol–water partition coefficient (Wildman–Crippen LogP) is 6.00. The number of carbonyl (C=O) groups excluding carboxylic acids is 1. The van der Waals surface area contributed by atoms with Gasteiger partial charge < -0.3 is 9.47 Å². The summed E-state index contributed by atoms with van der Waals surface area (Å²) >= 11 is 0. The first-order chi connectivity index (χ1) is 14.8. The molecule has 1 saturated heterocycles. The van der Waals surface area contributed by atoms with Crippen LogP contribution >= 0.6 is 0 Å². The minimum Gasteiger partial charge on any atom is -0.497 e. The summed E-state index contributed by atoms with van der Waals surface area (Å²) in [6.45, 7) is 1.77. The van der Waals surface area contributed by atoms with Crippen LogP contribution in [0.3, 0.4) is 0 Å². The van der Waals surface area contributed by atoms with E-state index in [1.807, 2.05) is 37.3 Å². The lowest BCUT2D eigenvalue weighted by Gasteiger charge is -2.31. The van der Waals surface area contributed by atoms with Gasteiger partial charge in [0.05, 0.1) is 7.11 Å². The number of carbonyl (C=O) groups is 1. The van der Waals surface area contributed by atoms with Crippen LogP contribution in [-0.2, 0) is 17.8 Å². The Kier molecular flexibility index (Phi) is 7.46. The molecular weight excluding hydrogens is 407 g/mol. The maximum atomic E-state index is 13.8. The van der Waals surface area contributed by atoms with Crippen LogP contribution in [0, 0.1) is 5.92 Å². The van der Waals surface area contributed by atoms with Crippen molar-refractivity contribution in [2.45, 2.75) is 57.5 Å². The van der Waals surface area contributed by atoms with Gasteiger partial charge in [0, 0.05) is 6.04 Å². The van der Waals surface area contributed by atoms with Crippen molar-refractivity contribution in [3.63, 3.8) is 0 Å². The Morgan fingerprint density at radius 3 is 2.32 bits per heavy atom. The minimum atomic E-state index is -4.49. The SMILES string of the molecule is CC[C@H]1[C@@H](CCc2ccc(OC)cc2)C[C@@H](C(F)(F)F)N1C(=O)OCc1ccccc1. The second-order valence-corrected chi connectivity index (χ2v) is 7.86. The number of hydrogen-bond acceptors (Lipinski definition) is 3. The maximum absolute atomic E-state index is 13.8. The largest absolute Gasteiger partial charge is 0.497 e. The molecule has 1 aliphatic rings. The topological polar surface area (TPSA) is 38.8 Å². The molecule has 1 amide bonds. The van der Waals surface area contributed by atoms with Crippen molar-refractivity contribution in [3.05, 3.63) is 65.7 Å². The second-order valence-electron chi connectivity index (χ2n) is 7.86. The van der Waals surface area contributed by atoms with Crippen LogP contribution < -0.4 is 4.74 Å². The van der Waals surface area contributed by atoms with Gasteiger partial charge in [0.1, 0.15) is 18.4 Å². The van der Waals surface area contributed by atoms with E-state index in [0.29, 0.717) is 19.3 Å². The zero-order valence-corrected chi connectivity index (χ0v) is 17.8. The van der Waals surface area contributed by atoms with Gasteiger partial charge in [-0.05, 0) is 54.9 Å². The number of aryl methyl sites for hydroxylation is 1. The summed E-state index contributed by atoms with van der Waals surface area (Å²) in [4.78, 5) is 13.7. The molecule has 7 heteroatoms. The molecule has 0 spiro atoms. The molecule has 1 fully saturated rings. The van der Waals surface area contributed by atoms with E-state index in [0.717, 1.165) is 21.8 Å². The lowest BCUT2D eigenvalue weighted by Crippen LogP contribution is -2.48. The first kappa shape index (κ1) is 23.0. The summed E-state index contributed by atoms with van der Waals surface area (Å²) in [6.07, 6.45) is -3.83. The number of alkyl halides is 3. The molecule has 2 aromatic carbocycles. The Morgan fingerprint density at radius 2 is 1.74 bits per heavy atom. The minimum absolute atomic E-state index is 0.0479. The van der Waals surface area contributed by atoms with Crippen LogP contribution in [0.2, 0.25) is 0 Å². The van der Waals surface area contributed by atoms with Crippen LogP contribution in [-0.4, -0.2) is 36.4 Å².